The summed E-state index contributed by atoms with van der Waals surface area (Å²) in [6.07, 6.45) is 0.620. The Labute approximate surface area is 149 Å². The van der Waals surface area contributed by atoms with E-state index >= 15 is 0 Å². The Balaban J connectivity index is 1.64. The molecule has 0 spiro atoms. The molecule has 6 nitrogen and oxygen atoms in total. The minimum atomic E-state index is 0.620. The van der Waals surface area contributed by atoms with Crippen LogP contribution in [-0.4, -0.2) is 19.8 Å². The molecule has 124 valence electrons. The summed E-state index contributed by atoms with van der Waals surface area (Å²) in [5, 5.41) is 16.9. The van der Waals surface area contributed by atoms with Gasteiger partial charge in [-0.25, -0.2) is 0 Å². The number of aromatic nitrogens is 4. The van der Waals surface area contributed by atoms with E-state index in [1.807, 2.05) is 60.7 Å². The average Bonchev–Trinajstić information content (AvgIpc) is 2.99. The Bertz CT molecular complexity index is 1030. The van der Waals surface area contributed by atoms with Gasteiger partial charge in [-0.15, -0.1) is 15.3 Å². The van der Waals surface area contributed by atoms with Crippen LogP contribution in [0.2, 0.25) is 5.02 Å². The van der Waals surface area contributed by atoms with E-state index in [0.717, 1.165) is 22.8 Å². The zero-order valence-electron chi connectivity index (χ0n) is 13.2. The number of hydrogen-bond acceptors (Lipinski definition) is 5. The number of halogens is 1. The molecule has 0 atom stereocenters. The Morgan fingerprint density at radius 2 is 1.84 bits per heavy atom. The van der Waals surface area contributed by atoms with E-state index in [1.54, 1.807) is 4.52 Å². The molecule has 0 aliphatic rings. The van der Waals surface area contributed by atoms with Crippen molar-refractivity contribution in [3.05, 3.63) is 77.1 Å². The van der Waals surface area contributed by atoms with Crippen molar-refractivity contribution >= 4 is 34.4 Å². The number of nitrogens with two attached hydrogens (primary N) is 1. The van der Waals surface area contributed by atoms with E-state index in [1.165, 1.54) is 0 Å². The molecule has 25 heavy (non-hydrogen) atoms. The summed E-state index contributed by atoms with van der Waals surface area (Å²) < 4.78 is 1.74. The average molecular weight is 351 g/mol. The first-order valence-corrected chi connectivity index (χ1v) is 8.13. The first-order valence-electron chi connectivity index (χ1n) is 7.76. The third-order valence-corrected chi connectivity index (χ3v) is 4.00. The van der Waals surface area contributed by atoms with E-state index in [9.17, 15) is 0 Å². The highest BCUT2D eigenvalue weighted by atomic mass is 35.5. The second-order valence-corrected chi connectivity index (χ2v) is 6.09. The van der Waals surface area contributed by atoms with Crippen LogP contribution in [0.25, 0.3) is 5.65 Å². The van der Waals surface area contributed by atoms with E-state index in [2.05, 4.69) is 20.6 Å². The summed E-state index contributed by atoms with van der Waals surface area (Å²) in [7, 11) is 0. The van der Waals surface area contributed by atoms with Gasteiger partial charge in [0.25, 0.3) is 0 Å². The van der Waals surface area contributed by atoms with Crippen LogP contribution in [0.4, 0.5) is 17.2 Å². The first kappa shape index (κ1) is 15.4. The summed E-state index contributed by atoms with van der Waals surface area (Å²) in [4.78, 5) is 0. The normalized spacial score (nSPS) is 10.9. The maximum absolute atomic E-state index is 6.02. The van der Waals surface area contributed by atoms with Crippen LogP contribution in [0.3, 0.4) is 0 Å². The molecule has 0 aliphatic heterocycles. The van der Waals surface area contributed by atoms with Gasteiger partial charge in [-0.3, -0.25) is 0 Å². The Kier molecular flexibility index (Phi) is 3.95. The van der Waals surface area contributed by atoms with E-state index < -0.39 is 0 Å². The number of rotatable bonds is 4. The summed E-state index contributed by atoms with van der Waals surface area (Å²) in [5.41, 5.74) is 9.13. The number of nitrogens with one attached hydrogen (secondary N) is 1. The van der Waals surface area contributed by atoms with Gasteiger partial charge in [0.1, 0.15) is 0 Å². The second kappa shape index (κ2) is 6.41. The van der Waals surface area contributed by atoms with Crippen molar-refractivity contribution in [3.63, 3.8) is 0 Å². The summed E-state index contributed by atoms with van der Waals surface area (Å²) in [6.45, 7) is 0. The zero-order chi connectivity index (χ0) is 17.2. The molecule has 0 aliphatic carbocycles. The fourth-order valence-corrected chi connectivity index (χ4v) is 2.73. The molecule has 2 aromatic carbocycles. The molecule has 4 aromatic rings. The van der Waals surface area contributed by atoms with Crippen molar-refractivity contribution in [2.24, 2.45) is 0 Å². The van der Waals surface area contributed by atoms with Crippen LogP contribution in [0, 0.1) is 0 Å². The minimum Gasteiger partial charge on any atom is -0.399 e. The van der Waals surface area contributed by atoms with Gasteiger partial charge in [-0.05, 0) is 48.0 Å². The molecule has 0 saturated heterocycles. The molecule has 0 amide bonds. The van der Waals surface area contributed by atoms with Crippen molar-refractivity contribution in [1.29, 1.82) is 0 Å². The third-order valence-electron chi connectivity index (χ3n) is 3.77. The van der Waals surface area contributed by atoms with Crippen LogP contribution in [0.15, 0.2) is 60.7 Å². The highest BCUT2D eigenvalue weighted by Crippen LogP contribution is 2.19. The number of anilines is 3. The number of fused-ring (bicyclic) bond motifs is 1. The van der Waals surface area contributed by atoms with Crippen LogP contribution in [-0.2, 0) is 6.42 Å². The molecular formula is C18H15ClN6. The monoisotopic (exact) mass is 350 g/mol. The topological polar surface area (TPSA) is 81.1 Å². The van der Waals surface area contributed by atoms with Gasteiger partial charge in [0.2, 0.25) is 0 Å². The summed E-state index contributed by atoms with van der Waals surface area (Å²) in [5.74, 6) is 1.45. The largest absolute Gasteiger partial charge is 0.399 e. The lowest BCUT2D eigenvalue weighted by Crippen LogP contribution is -2.03. The van der Waals surface area contributed by atoms with E-state index in [4.69, 9.17) is 17.3 Å². The second-order valence-electron chi connectivity index (χ2n) is 5.66. The van der Waals surface area contributed by atoms with Crippen molar-refractivity contribution in [3.8, 4) is 0 Å². The Hall–Kier alpha value is -3.12. The highest BCUT2D eigenvalue weighted by molar-refractivity contribution is 6.30. The third kappa shape index (κ3) is 3.39. The number of nitrogens with zero attached hydrogens (tertiary/aromatic N) is 4. The van der Waals surface area contributed by atoms with Gasteiger partial charge in [-0.2, -0.15) is 4.52 Å². The molecule has 0 saturated carbocycles. The SMILES string of the molecule is Nc1ccc(Cc2nnc3ccc(Nc4cccc(Cl)c4)nn23)cc1. The molecule has 0 unspecified atom stereocenters. The van der Waals surface area contributed by atoms with Crippen molar-refractivity contribution in [2.45, 2.75) is 6.42 Å². The van der Waals surface area contributed by atoms with Crippen LogP contribution in [0.1, 0.15) is 11.4 Å². The maximum atomic E-state index is 6.02. The van der Waals surface area contributed by atoms with Crippen molar-refractivity contribution in [2.75, 3.05) is 11.1 Å². The quantitative estimate of drug-likeness (QED) is 0.548. The van der Waals surface area contributed by atoms with Crippen LogP contribution in [0.5, 0.6) is 0 Å². The molecule has 2 aromatic heterocycles. The fraction of sp³-hybridized carbons (Fsp3) is 0.0556. The standard InChI is InChI=1S/C18H15ClN6/c19-13-2-1-3-15(11-13)21-16-8-9-17-22-23-18(25(17)24-16)10-12-4-6-14(20)7-5-12/h1-9,11H,10,20H2,(H,21,24). The number of nitrogen functional groups attached to an aromatic ring is 1. The minimum absolute atomic E-state index is 0.620. The lowest BCUT2D eigenvalue weighted by Gasteiger charge is -2.07. The van der Waals surface area contributed by atoms with Gasteiger partial charge in [0.05, 0.1) is 0 Å². The molecule has 4 rings (SSSR count). The number of hydrogen-bond donors (Lipinski definition) is 2. The molecule has 0 fully saturated rings. The van der Waals surface area contributed by atoms with Crippen LogP contribution >= 0.6 is 11.6 Å². The van der Waals surface area contributed by atoms with Crippen LogP contribution < -0.4 is 11.1 Å². The molecule has 0 radical (unpaired) electrons. The lowest BCUT2D eigenvalue weighted by molar-refractivity contribution is 0.842. The first-order chi connectivity index (χ1) is 12.2. The van der Waals surface area contributed by atoms with Crippen molar-refractivity contribution < 1.29 is 0 Å². The van der Waals surface area contributed by atoms with Gasteiger partial charge >= 0.3 is 0 Å². The fourth-order valence-electron chi connectivity index (χ4n) is 2.54. The lowest BCUT2D eigenvalue weighted by atomic mass is 10.1. The summed E-state index contributed by atoms with van der Waals surface area (Å²) >= 11 is 6.02. The van der Waals surface area contributed by atoms with Gasteiger partial charge in [0.15, 0.2) is 17.3 Å². The maximum Gasteiger partial charge on any atom is 0.178 e. The van der Waals surface area contributed by atoms with Gasteiger partial charge in [0, 0.05) is 22.8 Å². The van der Waals surface area contributed by atoms with Gasteiger partial charge in [-0.1, -0.05) is 29.8 Å². The summed E-state index contributed by atoms with van der Waals surface area (Å²) in [6, 6.07) is 18.9. The molecule has 2 heterocycles. The molecule has 7 heteroatoms. The highest BCUT2D eigenvalue weighted by Gasteiger charge is 2.09. The van der Waals surface area contributed by atoms with Gasteiger partial charge < -0.3 is 11.1 Å². The predicted octanol–water partition coefficient (Wildman–Crippen LogP) is 3.69. The van der Waals surface area contributed by atoms with E-state index in [0.29, 0.717) is 22.9 Å². The Morgan fingerprint density at radius 3 is 2.64 bits per heavy atom. The molecule has 3 N–H and O–H groups in total. The number of benzene rings is 2. The Morgan fingerprint density at radius 1 is 1.00 bits per heavy atom. The van der Waals surface area contributed by atoms with Crippen molar-refractivity contribution in [1.82, 2.24) is 19.8 Å². The zero-order valence-corrected chi connectivity index (χ0v) is 14.0. The predicted molar refractivity (Wildman–Crippen MR) is 99.2 cm³/mol. The molecule has 0 bridgehead atoms. The molecular weight excluding hydrogens is 336 g/mol. The smallest absolute Gasteiger partial charge is 0.178 e. The van der Waals surface area contributed by atoms with E-state index in [-0.39, 0.29) is 0 Å².